The van der Waals surface area contributed by atoms with Crippen LogP contribution in [0.3, 0.4) is 0 Å². The quantitative estimate of drug-likeness (QED) is 0.828. The van der Waals surface area contributed by atoms with E-state index in [1.807, 2.05) is 13.8 Å². The van der Waals surface area contributed by atoms with Crippen molar-refractivity contribution in [2.75, 3.05) is 6.54 Å². The third-order valence-electron chi connectivity index (χ3n) is 2.90. The van der Waals surface area contributed by atoms with Gasteiger partial charge in [-0.25, -0.2) is 0 Å². The lowest BCUT2D eigenvalue weighted by atomic mass is 10.1. The average Bonchev–Trinajstić information content (AvgIpc) is 3.02. The van der Waals surface area contributed by atoms with Gasteiger partial charge >= 0.3 is 0 Å². The predicted molar refractivity (Wildman–Crippen MR) is 65.1 cm³/mol. The Balaban J connectivity index is 1.92. The molecule has 1 saturated carbocycles. The van der Waals surface area contributed by atoms with Crippen molar-refractivity contribution in [3.63, 3.8) is 0 Å². The van der Waals surface area contributed by atoms with Crippen LogP contribution in [0, 0.1) is 5.92 Å². The van der Waals surface area contributed by atoms with E-state index in [0.717, 1.165) is 30.1 Å². The van der Waals surface area contributed by atoms with Crippen molar-refractivity contribution in [1.29, 1.82) is 0 Å². The molecule has 2 rings (SSSR count). The van der Waals surface area contributed by atoms with Gasteiger partial charge in [0.05, 0.1) is 11.8 Å². The van der Waals surface area contributed by atoms with Gasteiger partial charge in [0, 0.05) is 6.54 Å². The third-order valence-corrected chi connectivity index (χ3v) is 3.64. The molecule has 1 heterocycles. The second-order valence-electron chi connectivity index (χ2n) is 4.76. The summed E-state index contributed by atoms with van der Waals surface area (Å²) in [6.45, 7) is 4.28. The molecule has 6 heteroatoms. The van der Waals surface area contributed by atoms with Gasteiger partial charge in [-0.05, 0) is 36.2 Å². The van der Waals surface area contributed by atoms with Crippen molar-refractivity contribution < 1.29 is 9.90 Å². The topological polar surface area (TPSA) is 75.1 Å². The van der Waals surface area contributed by atoms with Gasteiger partial charge in [0.25, 0.3) is 5.91 Å². The van der Waals surface area contributed by atoms with E-state index in [1.54, 1.807) is 0 Å². The molecule has 1 aliphatic carbocycles. The maximum Gasteiger partial charge on any atom is 0.265 e. The van der Waals surface area contributed by atoms with Gasteiger partial charge in [-0.2, -0.15) is 0 Å². The van der Waals surface area contributed by atoms with Crippen LogP contribution in [-0.2, 0) is 0 Å². The van der Waals surface area contributed by atoms with E-state index in [-0.39, 0.29) is 11.8 Å². The number of aromatic nitrogens is 2. The molecular formula is C11H17N3O2S. The molecule has 0 aromatic carbocycles. The summed E-state index contributed by atoms with van der Waals surface area (Å²) in [6, 6.07) is 0. The lowest BCUT2D eigenvalue weighted by Gasteiger charge is -2.10. The van der Waals surface area contributed by atoms with Crippen LogP contribution >= 0.6 is 11.5 Å². The molecule has 0 bridgehead atoms. The molecule has 1 aromatic heterocycles. The second kappa shape index (κ2) is 5.10. The first-order valence-corrected chi connectivity index (χ1v) is 6.65. The summed E-state index contributed by atoms with van der Waals surface area (Å²) in [5.41, 5.74) is 0.730. The smallest absolute Gasteiger partial charge is 0.265 e. The van der Waals surface area contributed by atoms with E-state index in [2.05, 4.69) is 14.9 Å². The Morgan fingerprint density at radius 3 is 2.88 bits per heavy atom. The van der Waals surface area contributed by atoms with Crippen molar-refractivity contribution in [2.24, 2.45) is 5.92 Å². The van der Waals surface area contributed by atoms with Crippen molar-refractivity contribution in [1.82, 2.24) is 14.9 Å². The molecule has 94 valence electrons. The number of aliphatic hydroxyl groups excluding tert-OH is 1. The lowest BCUT2D eigenvalue weighted by Crippen LogP contribution is -2.33. The Morgan fingerprint density at radius 1 is 1.59 bits per heavy atom. The van der Waals surface area contributed by atoms with Crippen molar-refractivity contribution >= 4 is 17.4 Å². The maximum absolute atomic E-state index is 11.9. The largest absolute Gasteiger partial charge is 0.391 e. The highest BCUT2D eigenvalue weighted by atomic mass is 32.1. The fraction of sp³-hybridized carbons (Fsp3) is 0.727. The number of hydrogen-bond acceptors (Lipinski definition) is 5. The van der Waals surface area contributed by atoms with Crippen molar-refractivity contribution in [3.8, 4) is 0 Å². The average molecular weight is 255 g/mol. The number of rotatable bonds is 5. The third kappa shape index (κ3) is 3.01. The first-order valence-electron chi connectivity index (χ1n) is 5.88. The number of amides is 1. The molecule has 1 amide bonds. The SMILES string of the molecule is CC(C)c1nnsc1C(=O)NCC(O)C1CC1. The molecule has 17 heavy (non-hydrogen) atoms. The van der Waals surface area contributed by atoms with Gasteiger partial charge in [0.15, 0.2) is 0 Å². The number of hydrogen-bond donors (Lipinski definition) is 2. The Labute approximate surface area is 104 Å². The van der Waals surface area contributed by atoms with E-state index in [1.165, 1.54) is 0 Å². The van der Waals surface area contributed by atoms with Gasteiger partial charge in [-0.3, -0.25) is 4.79 Å². The number of carbonyl (C=O) groups excluding carboxylic acids is 1. The Bertz CT molecular complexity index is 401. The van der Waals surface area contributed by atoms with E-state index in [9.17, 15) is 9.90 Å². The van der Waals surface area contributed by atoms with Gasteiger partial charge < -0.3 is 10.4 Å². The highest BCUT2D eigenvalue weighted by Crippen LogP contribution is 2.32. The molecule has 0 radical (unpaired) electrons. The molecule has 1 aliphatic rings. The molecular weight excluding hydrogens is 238 g/mol. The molecule has 1 unspecified atom stereocenters. The molecule has 2 N–H and O–H groups in total. The van der Waals surface area contributed by atoms with Crippen LogP contribution in [0.4, 0.5) is 0 Å². The van der Waals surface area contributed by atoms with Gasteiger partial charge in [0.2, 0.25) is 0 Å². The molecule has 5 nitrogen and oxygen atoms in total. The summed E-state index contributed by atoms with van der Waals surface area (Å²) >= 11 is 1.11. The minimum absolute atomic E-state index is 0.177. The van der Waals surface area contributed by atoms with Crippen molar-refractivity contribution in [3.05, 3.63) is 10.6 Å². The molecule has 0 saturated heterocycles. The Morgan fingerprint density at radius 2 is 2.29 bits per heavy atom. The summed E-state index contributed by atoms with van der Waals surface area (Å²) in [5, 5.41) is 16.4. The molecule has 1 aromatic rings. The minimum atomic E-state index is -0.415. The molecule has 1 atom stereocenters. The Kier molecular flexibility index (Phi) is 3.73. The number of carbonyl (C=O) groups is 1. The van der Waals surface area contributed by atoms with Gasteiger partial charge in [-0.1, -0.05) is 18.3 Å². The van der Waals surface area contributed by atoms with Crippen LogP contribution in [0.15, 0.2) is 0 Å². The molecule has 0 aliphatic heterocycles. The predicted octanol–water partition coefficient (Wildman–Crippen LogP) is 1.16. The minimum Gasteiger partial charge on any atom is -0.391 e. The van der Waals surface area contributed by atoms with Crippen LogP contribution < -0.4 is 5.32 Å². The van der Waals surface area contributed by atoms with Crippen LogP contribution in [-0.4, -0.2) is 33.2 Å². The fourth-order valence-electron chi connectivity index (χ4n) is 1.66. The zero-order valence-electron chi connectivity index (χ0n) is 10.0. The highest BCUT2D eigenvalue weighted by molar-refractivity contribution is 7.08. The summed E-state index contributed by atoms with van der Waals surface area (Å²) in [4.78, 5) is 12.4. The standard InChI is InChI=1S/C11H17N3O2S/c1-6(2)9-10(17-14-13-9)11(16)12-5-8(15)7-3-4-7/h6-8,15H,3-5H2,1-2H3,(H,12,16). The van der Waals surface area contributed by atoms with Crippen molar-refractivity contribution in [2.45, 2.75) is 38.7 Å². The van der Waals surface area contributed by atoms with E-state index >= 15 is 0 Å². The fourth-order valence-corrected chi connectivity index (χ4v) is 2.39. The summed E-state index contributed by atoms with van der Waals surface area (Å²) in [7, 11) is 0. The first-order chi connectivity index (χ1) is 8.09. The van der Waals surface area contributed by atoms with E-state index < -0.39 is 6.10 Å². The van der Waals surface area contributed by atoms with Crippen LogP contribution in [0.2, 0.25) is 0 Å². The zero-order valence-corrected chi connectivity index (χ0v) is 10.8. The maximum atomic E-state index is 11.9. The monoisotopic (exact) mass is 255 g/mol. The van der Waals surface area contributed by atoms with E-state index in [4.69, 9.17) is 0 Å². The van der Waals surface area contributed by atoms with Crippen LogP contribution in [0.25, 0.3) is 0 Å². The lowest BCUT2D eigenvalue weighted by molar-refractivity contribution is 0.0903. The Hall–Kier alpha value is -1.01. The number of aliphatic hydroxyl groups is 1. The second-order valence-corrected chi connectivity index (χ2v) is 5.51. The van der Waals surface area contributed by atoms with Gasteiger partial charge in [-0.15, -0.1) is 5.10 Å². The number of nitrogens with zero attached hydrogens (tertiary/aromatic N) is 2. The number of nitrogens with one attached hydrogen (secondary N) is 1. The van der Waals surface area contributed by atoms with Crippen LogP contribution in [0.1, 0.15) is 48.0 Å². The normalized spacial score (nSPS) is 17.2. The van der Waals surface area contributed by atoms with Crippen LogP contribution in [0.5, 0.6) is 0 Å². The summed E-state index contributed by atoms with van der Waals surface area (Å²) in [5.74, 6) is 0.380. The summed E-state index contributed by atoms with van der Waals surface area (Å²) < 4.78 is 3.81. The first kappa shape index (κ1) is 12.4. The highest BCUT2D eigenvalue weighted by Gasteiger charge is 2.30. The van der Waals surface area contributed by atoms with Gasteiger partial charge in [0.1, 0.15) is 4.88 Å². The summed E-state index contributed by atoms with van der Waals surface area (Å²) in [6.07, 6.45) is 1.72. The van der Waals surface area contributed by atoms with E-state index in [0.29, 0.717) is 17.3 Å². The molecule has 1 fully saturated rings. The molecule has 0 spiro atoms. The zero-order chi connectivity index (χ0) is 12.4.